The van der Waals surface area contributed by atoms with Crippen LogP contribution in [0.1, 0.15) is 42.1 Å². The van der Waals surface area contributed by atoms with Crippen LogP contribution < -0.4 is 0 Å². The van der Waals surface area contributed by atoms with Crippen LogP contribution in [0.25, 0.3) is 0 Å². The third-order valence-corrected chi connectivity index (χ3v) is 6.63. The van der Waals surface area contributed by atoms with E-state index in [0.717, 1.165) is 6.42 Å². The van der Waals surface area contributed by atoms with Crippen LogP contribution >= 0.6 is 11.6 Å². The van der Waals surface area contributed by atoms with Crippen LogP contribution in [-0.4, -0.2) is 25.2 Å². The molecule has 25 heavy (non-hydrogen) atoms. The molecule has 0 saturated carbocycles. The number of unbranched alkanes of at least 4 members (excludes halogenated alkanes) is 2. The monoisotopic (exact) mass is 382 g/mol. The third kappa shape index (κ3) is 5.05. The smallest absolute Gasteiger partial charge is 0.185 e. The summed E-state index contributed by atoms with van der Waals surface area (Å²) in [6.07, 6.45) is 2.51. The highest BCUT2D eigenvalue weighted by Gasteiger charge is 2.30. The summed E-state index contributed by atoms with van der Waals surface area (Å²) in [6, 6.07) is 13.2. The SMILES string of the molecule is O=S(=O)(c1ccc(Cl)cc1)C(CCCCCO)c1ccccc1CO. The van der Waals surface area contributed by atoms with E-state index in [0.29, 0.717) is 35.4 Å². The van der Waals surface area contributed by atoms with Crippen LogP contribution in [0.3, 0.4) is 0 Å². The normalized spacial score (nSPS) is 12.9. The predicted molar refractivity (Wildman–Crippen MR) is 99.3 cm³/mol. The van der Waals surface area contributed by atoms with Gasteiger partial charge in [0.15, 0.2) is 9.84 Å². The Hall–Kier alpha value is -1.40. The second-order valence-corrected chi connectivity index (χ2v) is 8.48. The van der Waals surface area contributed by atoms with Gasteiger partial charge in [0.05, 0.1) is 16.8 Å². The molecule has 2 N–H and O–H groups in total. The van der Waals surface area contributed by atoms with Crippen molar-refractivity contribution in [2.75, 3.05) is 6.61 Å². The molecular formula is C19H23ClO4S. The summed E-state index contributed by atoms with van der Waals surface area (Å²) in [4.78, 5) is 0.219. The van der Waals surface area contributed by atoms with Crippen molar-refractivity contribution < 1.29 is 18.6 Å². The molecule has 0 aliphatic rings. The third-order valence-electron chi connectivity index (χ3n) is 4.21. The number of hydrogen-bond donors (Lipinski definition) is 2. The minimum Gasteiger partial charge on any atom is -0.396 e. The van der Waals surface area contributed by atoms with Gasteiger partial charge in [-0.2, -0.15) is 0 Å². The molecule has 4 nitrogen and oxygen atoms in total. The van der Waals surface area contributed by atoms with Gasteiger partial charge in [0, 0.05) is 11.6 Å². The van der Waals surface area contributed by atoms with E-state index < -0.39 is 15.1 Å². The lowest BCUT2D eigenvalue weighted by molar-refractivity contribution is 0.279. The Labute approximate surface area is 154 Å². The van der Waals surface area contributed by atoms with Crippen molar-refractivity contribution in [1.29, 1.82) is 0 Å². The first-order valence-electron chi connectivity index (χ1n) is 8.29. The summed E-state index contributed by atoms with van der Waals surface area (Å²) in [6.45, 7) is -0.110. The largest absolute Gasteiger partial charge is 0.396 e. The molecule has 0 saturated heterocycles. The number of hydrogen-bond acceptors (Lipinski definition) is 4. The van der Waals surface area contributed by atoms with Crippen molar-refractivity contribution >= 4 is 21.4 Å². The van der Waals surface area contributed by atoms with Crippen molar-refractivity contribution in [3.8, 4) is 0 Å². The Bertz CT molecular complexity index is 772. The molecule has 2 aromatic carbocycles. The van der Waals surface area contributed by atoms with E-state index in [1.807, 2.05) is 0 Å². The minimum absolute atomic E-state index is 0.0990. The number of halogens is 1. The molecule has 0 aromatic heterocycles. The van der Waals surface area contributed by atoms with Gasteiger partial charge in [-0.15, -0.1) is 0 Å². The molecule has 0 aliphatic heterocycles. The second kappa shape index (κ2) is 9.34. The van der Waals surface area contributed by atoms with E-state index in [2.05, 4.69) is 0 Å². The molecule has 0 spiro atoms. The lowest BCUT2D eigenvalue weighted by Crippen LogP contribution is -2.16. The van der Waals surface area contributed by atoms with E-state index in [9.17, 15) is 13.5 Å². The van der Waals surface area contributed by atoms with E-state index in [1.165, 1.54) is 12.1 Å². The van der Waals surface area contributed by atoms with Gasteiger partial charge < -0.3 is 10.2 Å². The molecule has 1 atom stereocenters. The summed E-state index contributed by atoms with van der Waals surface area (Å²) in [7, 11) is -3.62. The maximum Gasteiger partial charge on any atom is 0.185 e. The highest BCUT2D eigenvalue weighted by molar-refractivity contribution is 7.91. The van der Waals surface area contributed by atoms with Crippen LogP contribution in [0.5, 0.6) is 0 Å². The zero-order valence-corrected chi connectivity index (χ0v) is 15.5. The first-order valence-corrected chi connectivity index (χ1v) is 10.2. The molecule has 0 heterocycles. The average Bonchev–Trinajstić information content (AvgIpc) is 2.62. The molecule has 0 bridgehead atoms. The van der Waals surface area contributed by atoms with Gasteiger partial charge in [0.1, 0.15) is 0 Å². The molecule has 0 amide bonds. The quantitative estimate of drug-likeness (QED) is 0.645. The summed E-state index contributed by atoms with van der Waals surface area (Å²) in [5.74, 6) is 0. The van der Waals surface area contributed by atoms with Gasteiger partial charge in [-0.05, 0) is 48.2 Å². The van der Waals surface area contributed by atoms with Crippen LogP contribution in [-0.2, 0) is 16.4 Å². The summed E-state index contributed by atoms with van der Waals surface area (Å²) >= 11 is 5.87. The van der Waals surface area contributed by atoms with Crippen molar-refractivity contribution in [2.45, 2.75) is 42.4 Å². The number of rotatable bonds is 9. The lowest BCUT2D eigenvalue weighted by Gasteiger charge is -2.21. The van der Waals surface area contributed by atoms with Crippen molar-refractivity contribution in [3.63, 3.8) is 0 Å². The van der Waals surface area contributed by atoms with E-state index in [4.69, 9.17) is 16.7 Å². The summed E-state index contributed by atoms with van der Waals surface area (Å²) in [5.41, 5.74) is 1.25. The van der Waals surface area contributed by atoms with E-state index >= 15 is 0 Å². The van der Waals surface area contributed by atoms with Crippen LogP contribution in [0, 0.1) is 0 Å². The molecule has 0 aliphatic carbocycles. The topological polar surface area (TPSA) is 74.6 Å². The van der Waals surface area contributed by atoms with Crippen LogP contribution in [0.15, 0.2) is 53.4 Å². The second-order valence-electron chi connectivity index (χ2n) is 5.92. The summed E-state index contributed by atoms with van der Waals surface area (Å²) < 4.78 is 26.4. The summed E-state index contributed by atoms with van der Waals surface area (Å²) in [5, 5.41) is 18.3. The highest BCUT2D eigenvalue weighted by Crippen LogP contribution is 2.35. The number of aliphatic hydroxyl groups is 2. The van der Waals surface area contributed by atoms with Gasteiger partial charge in [0.25, 0.3) is 0 Å². The minimum atomic E-state index is -3.62. The van der Waals surface area contributed by atoms with Gasteiger partial charge >= 0.3 is 0 Å². The van der Waals surface area contributed by atoms with E-state index in [1.54, 1.807) is 36.4 Å². The Kier molecular flexibility index (Phi) is 7.44. The molecule has 0 radical (unpaired) electrons. The van der Waals surface area contributed by atoms with Crippen molar-refractivity contribution in [3.05, 3.63) is 64.7 Å². The average molecular weight is 383 g/mol. The fourth-order valence-corrected chi connectivity index (χ4v) is 4.89. The Balaban J connectivity index is 2.41. The Morgan fingerprint density at radius 2 is 1.60 bits per heavy atom. The Morgan fingerprint density at radius 1 is 0.920 bits per heavy atom. The van der Waals surface area contributed by atoms with Crippen molar-refractivity contribution in [1.82, 2.24) is 0 Å². The van der Waals surface area contributed by atoms with Gasteiger partial charge in [-0.1, -0.05) is 48.7 Å². The maximum atomic E-state index is 13.2. The maximum absolute atomic E-state index is 13.2. The first-order chi connectivity index (χ1) is 12.0. The lowest BCUT2D eigenvalue weighted by atomic mass is 10.0. The fraction of sp³-hybridized carbons (Fsp3) is 0.368. The zero-order valence-electron chi connectivity index (χ0n) is 13.9. The van der Waals surface area contributed by atoms with Gasteiger partial charge in [-0.3, -0.25) is 0 Å². The number of benzene rings is 2. The molecule has 1 unspecified atom stereocenters. The molecule has 0 fully saturated rings. The highest BCUT2D eigenvalue weighted by atomic mass is 35.5. The first kappa shape index (κ1) is 19.9. The van der Waals surface area contributed by atoms with E-state index in [-0.39, 0.29) is 18.1 Å². The number of aliphatic hydroxyl groups excluding tert-OH is 2. The standard InChI is InChI=1S/C19H23ClO4S/c20-16-9-11-17(12-10-16)25(23,24)19(8-2-1-5-13-21)18-7-4-3-6-15(18)14-22/h3-4,6-7,9-12,19,21-22H,1-2,5,8,13-14H2. The van der Waals surface area contributed by atoms with Gasteiger partial charge in [-0.25, -0.2) is 8.42 Å². The number of sulfone groups is 1. The van der Waals surface area contributed by atoms with Crippen LogP contribution in [0.2, 0.25) is 5.02 Å². The predicted octanol–water partition coefficient (Wildman–Crippen LogP) is 3.90. The molecule has 136 valence electrons. The van der Waals surface area contributed by atoms with Crippen LogP contribution in [0.4, 0.5) is 0 Å². The molecular weight excluding hydrogens is 360 g/mol. The molecule has 2 rings (SSSR count). The van der Waals surface area contributed by atoms with Gasteiger partial charge in [0.2, 0.25) is 0 Å². The van der Waals surface area contributed by atoms with Crippen molar-refractivity contribution in [2.24, 2.45) is 0 Å². The zero-order chi connectivity index (χ0) is 18.3. The fourth-order valence-electron chi connectivity index (χ4n) is 2.88. The Morgan fingerprint density at radius 3 is 2.24 bits per heavy atom. The molecule has 2 aromatic rings. The molecule has 6 heteroatoms.